The Morgan fingerprint density at radius 3 is 2.61 bits per heavy atom. The van der Waals surface area contributed by atoms with Crippen LogP contribution in [0, 0.1) is 0 Å². The van der Waals surface area contributed by atoms with Gasteiger partial charge in [-0.1, -0.05) is 30.3 Å². The first kappa shape index (κ1) is 11.3. The van der Waals surface area contributed by atoms with Gasteiger partial charge in [0.2, 0.25) is 0 Å². The van der Waals surface area contributed by atoms with Gasteiger partial charge < -0.3 is 4.74 Å². The smallest absolute Gasteiger partial charge is 0.295 e. The number of rotatable bonds is 1. The zero-order chi connectivity index (χ0) is 12.8. The molecule has 92 valence electrons. The standard InChI is InChI=1S/C13H10O4S/c14-18(15,16)12-7-3-6-11-13(12)10-5-2-1-4-9(10)8-17-11/h1-7H,8H2,(H,14,15,16). The maximum absolute atomic E-state index is 11.4. The van der Waals surface area contributed by atoms with Crippen molar-refractivity contribution in [3.05, 3.63) is 48.0 Å². The predicted octanol–water partition coefficient (Wildman–Crippen LogP) is 2.49. The Kier molecular flexibility index (Phi) is 2.39. The molecule has 0 fully saturated rings. The largest absolute Gasteiger partial charge is 0.488 e. The summed E-state index contributed by atoms with van der Waals surface area (Å²) in [5.41, 5.74) is 2.12. The average molecular weight is 262 g/mol. The number of hydrogen-bond acceptors (Lipinski definition) is 3. The SMILES string of the molecule is O=S(=O)(O)c1cccc2c1-c1ccccc1CO2. The molecule has 3 rings (SSSR count). The Morgan fingerprint density at radius 1 is 1.06 bits per heavy atom. The minimum atomic E-state index is -4.27. The number of hydrogen-bond donors (Lipinski definition) is 1. The first-order chi connectivity index (χ1) is 8.57. The lowest BCUT2D eigenvalue weighted by Crippen LogP contribution is -2.09. The molecule has 0 unspecified atom stereocenters. The van der Waals surface area contributed by atoms with Gasteiger partial charge in [0, 0.05) is 5.56 Å². The molecule has 0 aliphatic carbocycles. The Labute approximate surface area is 105 Å². The zero-order valence-corrected chi connectivity index (χ0v) is 10.1. The van der Waals surface area contributed by atoms with Crippen LogP contribution in [0.4, 0.5) is 0 Å². The molecule has 1 heterocycles. The summed E-state index contributed by atoms with van der Waals surface area (Å²) in [4.78, 5) is -0.118. The molecule has 0 radical (unpaired) electrons. The van der Waals surface area contributed by atoms with Gasteiger partial charge in [-0.05, 0) is 23.3 Å². The van der Waals surface area contributed by atoms with Gasteiger partial charge in [-0.25, -0.2) is 0 Å². The van der Waals surface area contributed by atoms with Gasteiger partial charge in [0.15, 0.2) is 0 Å². The summed E-state index contributed by atoms with van der Waals surface area (Å²) in [6.07, 6.45) is 0. The fourth-order valence-electron chi connectivity index (χ4n) is 2.16. The van der Waals surface area contributed by atoms with Crippen LogP contribution in [0.15, 0.2) is 47.4 Å². The van der Waals surface area contributed by atoms with Crippen molar-refractivity contribution in [1.82, 2.24) is 0 Å². The van der Waals surface area contributed by atoms with Gasteiger partial charge >= 0.3 is 0 Å². The van der Waals surface area contributed by atoms with Crippen LogP contribution in [0.3, 0.4) is 0 Å². The highest BCUT2D eigenvalue weighted by Gasteiger charge is 2.25. The van der Waals surface area contributed by atoms with Crippen molar-refractivity contribution in [2.45, 2.75) is 11.5 Å². The summed E-state index contributed by atoms with van der Waals surface area (Å²) in [6.45, 7) is 0.401. The van der Waals surface area contributed by atoms with Crippen molar-refractivity contribution < 1.29 is 17.7 Å². The molecule has 2 aromatic rings. The van der Waals surface area contributed by atoms with Crippen LogP contribution in [-0.4, -0.2) is 13.0 Å². The van der Waals surface area contributed by atoms with E-state index >= 15 is 0 Å². The van der Waals surface area contributed by atoms with E-state index in [0.29, 0.717) is 17.9 Å². The number of ether oxygens (including phenoxy) is 1. The third kappa shape index (κ3) is 1.68. The summed E-state index contributed by atoms with van der Waals surface area (Å²) in [5.74, 6) is 0.476. The number of fused-ring (bicyclic) bond motifs is 3. The van der Waals surface area contributed by atoms with Crippen molar-refractivity contribution >= 4 is 10.1 Å². The molecular formula is C13H10O4S. The summed E-state index contributed by atoms with van der Waals surface area (Å²) in [7, 11) is -4.27. The van der Waals surface area contributed by atoms with Crippen molar-refractivity contribution in [2.24, 2.45) is 0 Å². The molecular weight excluding hydrogens is 252 g/mol. The van der Waals surface area contributed by atoms with Crippen LogP contribution < -0.4 is 4.74 Å². The molecule has 4 nitrogen and oxygen atoms in total. The van der Waals surface area contributed by atoms with Crippen molar-refractivity contribution in [1.29, 1.82) is 0 Å². The third-order valence-electron chi connectivity index (χ3n) is 2.94. The maximum atomic E-state index is 11.4. The summed E-state index contributed by atoms with van der Waals surface area (Å²) < 4.78 is 37.6. The van der Waals surface area contributed by atoms with Crippen LogP contribution in [0.2, 0.25) is 0 Å². The van der Waals surface area contributed by atoms with Crippen LogP contribution in [-0.2, 0) is 16.7 Å². The minimum absolute atomic E-state index is 0.118. The molecule has 0 saturated heterocycles. The summed E-state index contributed by atoms with van der Waals surface area (Å²) >= 11 is 0. The van der Waals surface area contributed by atoms with E-state index in [2.05, 4.69) is 0 Å². The maximum Gasteiger partial charge on any atom is 0.295 e. The summed E-state index contributed by atoms with van der Waals surface area (Å²) in [5, 5.41) is 0. The van der Waals surface area contributed by atoms with E-state index in [0.717, 1.165) is 11.1 Å². The molecule has 0 atom stereocenters. The van der Waals surface area contributed by atoms with Crippen LogP contribution in [0.25, 0.3) is 11.1 Å². The van der Waals surface area contributed by atoms with E-state index in [-0.39, 0.29) is 4.90 Å². The summed E-state index contributed by atoms with van der Waals surface area (Å²) in [6, 6.07) is 12.0. The van der Waals surface area contributed by atoms with E-state index in [1.807, 2.05) is 24.3 Å². The van der Waals surface area contributed by atoms with Gasteiger partial charge in [0.1, 0.15) is 17.3 Å². The zero-order valence-electron chi connectivity index (χ0n) is 9.33. The highest BCUT2D eigenvalue weighted by Crippen LogP contribution is 2.41. The third-order valence-corrected chi connectivity index (χ3v) is 3.83. The van der Waals surface area contributed by atoms with Crippen LogP contribution in [0.1, 0.15) is 5.56 Å². The Balaban J connectivity index is 2.38. The molecule has 1 aliphatic heterocycles. The lowest BCUT2D eigenvalue weighted by molar-refractivity contribution is 0.301. The second-order valence-corrected chi connectivity index (χ2v) is 5.44. The molecule has 1 N–H and O–H groups in total. The van der Waals surface area contributed by atoms with Crippen molar-refractivity contribution in [3.8, 4) is 16.9 Å². The molecule has 0 bridgehead atoms. The van der Waals surface area contributed by atoms with Gasteiger partial charge in [-0.3, -0.25) is 4.55 Å². The van der Waals surface area contributed by atoms with Gasteiger partial charge in [-0.2, -0.15) is 8.42 Å². The first-order valence-electron chi connectivity index (χ1n) is 5.39. The second kappa shape index (κ2) is 3.83. The normalized spacial score (nSPS) is 13.4. The van der Waals surface area contributed by atoms with E-state index in [9.17, 15) is 13.0 Å². The van der Waals surface area contributed by atoms with E-state index in [4.69, 9.17) is 4.74 Å². The van der Waals surface area contributed by atoms with E-state index in [1.165, 1.54) is 6.07 Å². The molecule has 2 aromatic carbocycles. The fourth-order valence-corrected chi connectivity index (χ4v) is 2.88. The lowest BCUT2D eigenvalue weighted by atomic mass is 9.97. The topological polar surface area (TPSA) is 63.6 Å². The van der Waals surface area contributed by atoms with Crippen LogP contribution in [0.5, 0.6) is 5.75 Å². The molecule has 18 heavy (non-hydrogen) atoms. The van der Waals surface area contributed by atoms with Crippen molar-refractivity contribution in [3.63, 3.8) is 0 Å². The molecule has 5 heteroatoms. The minimum Gasteiger partial charge on any atom is -0.488 e. The Hall–Kier alpha value is -1.85. The number of benzene rings is 2. The molecule has 0 spiro atoms. The van der Waals surface area contributed by atoms with Gasteiger partial charge in [-0.15, -0.1) is 0 Å². The highest BCUT2D eigenvalue weighted by atomic mass is 32.2. The molecule has 0 saturated carbocycles. The second-order valence-electron chi connectivity index (χ2n) is 4.05. The molecule has 0 aromatic heterocycles. The quantitative estimate of drug-likeness (QED) is 0.802. The first-order valence-corrected chi connectivity index (χ1v) is 6.83. The average Bonchev–Trinajstić information content (AvgIpc) is 2.36. The van der Waals surface area contributed by atoms with Crippen molar-refractivity contribution in [2.75, 3.05) is 0 Å². The van der Waals surface area contributed by atoms with Gasteiger partial charge in [0.05, 0.1) is 0 Å². The Morgan fingerprint density at radius 2 is 1.83 bits per heavy atom. The Bertz CT molecular complexity index is 720. The predicted molar refractivity (Wildman–Crippen MR) is 66.0 cm³/mol. The fraction of sp³-hybridized carbons (Fsp3) is 0.0769. The van der Waals surface area contributed by atoms with Gasteiger partial charge in [0.25, 0.3) is 10.1 Å². The van der Waals surface area contributed by atoms with Crippen LogP contribution >= 0.6 is 0 Å². The highest BCUT2D eigenvalue weighted by molar-refractivity contribution is 7.86. The molecule has 1 aliphatic rings. The van der Waals surface area contributed by atoms with E-state index < -0.39 is 10.1 Å². The lowest BCUT2D eigenvalue weighted by Gasteiger charge is -2.22. The monoisotopic (exact) mass is 262 g/mol. The van der Waals surface area contributed by atoms with E-state index in [1.54, 1.807) is 12.1 Å². The molecule has 0 amide bonds.